The standard InChI is InChI=1S/C15H27N3/c1-4-14(11-16)9-10-18(5-2)12-15-8-6-7-13(3)17-15/h6-8,14H,4-5,9-12,16H2,1-3H3. The van der Waals surface area contributed by atoms with Crippen LogP contribution >= 0.6 is 0 Å². The molecule has 0 bridgehead atoms. The molecule has 3 nitrogen and oxygen atoms in total. The molecule has 0 saturated heterocycles. The molecule has 1 rings (SSSR count). The number of pyridine rings is 1. The summed E-state index contributed by atoms with van der Waals surface area (Å²) in [5, 5.41) is 0. The van der Waals surface area contributed by atoms with E-state index in [2.05, 4.69) is 35.9 Å². The Hall–Kier alpha value is -0.930. The van der Waals surface area contributed by atoms with Gasteiger partial charge in [-0.2, -0.15) is 0 Å². The van der Waals surface area contributed by atoms with Gasteiger partial charge in [-0.1, -0.05) is 26.3 Å². The average molecular weight is 249 g/mol. The minimum Gasteiger partial charge on any atom is -0.330 e. The van der Waals surface area contributed by atoms with Crippen LogP contribution in [0.5, 0.6) is 0 Å². The molecule has 0 aliphatic heterocycles. The predicted molar refractivity (Wildman–Crippen MR) is 77.4 cm³/mol. The second-order valence-electron chi connectivity index (χ2n) is 4.94. The van der Waals surface area contributed by atoms with Crippen LogP contribution < -0.4 is 5.73 Å². The van der Waals surface area contributed by atoms with E-state index in [9.17, 15) is 0 Å². The van der Waals surface area contributed by atoms with Gasteiger partial charge in [-0.25, -0.2) is 0 Å². The Labute approximate surface area is 111 Å². The first-order valence-corrected chi connectivity index (χ1v) is 7.04. The first-order valence-electron chi connectivity index (χ1n) is 7.04. The fourth-order valence-electron chi connectivity index (χ4n) is 2.12. The van der Waals surface area contributed by atoms with Crippen LogP contribution in [0.4, 0.5) is 0 Å². The van der Waals surface area contributed by atoms with E-state index >= 15 is 0 Å². The number of rotatable bonds is 8. The Bertz CT molecular complexity index is 334. The van der Waals surface area contributed by atoms with E-state index in [4.69, 9.17) is 5.73 Å². The van der Waals surface area contributed by atoms with Gasteiger partial charge in [0.1, 0.15) is 0 Å². The molecule has 0 aliphatic rings. The molecule has 0 amide bonds. The molecule has 1 aromatic heterocycles. The maximum Gasteiger partial charge on any atom is 0.0547 e. The third-order valence-electron chi connectivity index (χ3n) is 3.54. The van der Waals surface area contributed by atoms with Crippen molar-refractivity contribution in [2.75, 3.05) is 19.6 Å². The number of aryl methyl sites for hydroxylation is 1. The molecule has 0 saturated carbocycles. The van der Waals surface area contributed by atoms with Gasteiger partial charge < -0.3 is 5.73 Å². The largest absolute Gasteiger partial charge is 0.330 e. The van der Waals surface area contributed by atoms with Crippen LogP contribution in [0.2, 0.25) is 0 Å². The molecule has 3 heteroatoms. The average Bonchev–Trinajstić information content (AvgIpc) is 2.38. The molecule has 0 aliphatic carbocycles. The highest BCUT2D eigenvalue weighted by atomic mass is 15.1. The zero-order valence-electron chi connectivity index (χ0n) is 12.0. The highest BCUT2D eigenvalue weighted by Crippen LogP contribution is 2.09. The maximum absolute atomic E-state index is 5.75. The molecule has 1 heterocycles. The zero-order valence-corrected chi connectivity index (χ0v) is 12.0. The monoisotopic (exact) mass is 249 g/mol. The fourth-order valence-corrected chi connectivity index (χ4v) is 2.12. The van der Waals surface area contributed by atoms with Crippen molar-refractivity contribution >= 4 is 0 Å². The molecule has 18 heavy (non-hydrogen) atoms. The van der Waals surface area contributed by atoms with Gasteiger partial charge in [-0.15, -0.1) is 0 Å². The van der Waals surface area contributed by atoms with Gasteiger partial charge in [0.15, 0.2) is 0 Å². The van der Waals surface area contributed by atoms with E-state index in [1.165, 1.54) is 12.8 Å². The van der Waals surface area contributed by atoms with Gasteiger partial charge in [0.2, 0.25) is 0 Å². The van der Waals surface area contributed by atoms with Gasteiger partial charge >= 0.3 is 0 Å². The Kier molecular flexibility index (Phi) is 6.91. The lowest BCUT2D eigenvalue weighted by Gasteiger charge is -2.22. The van der Waals surface area contributed by atoms with Crippen molar-refractivity contribution in [2.24, 2.45) is 11.7 Å². The Morgan fingerprint density at radius 3 is 2.67 bits per heavy atom. The van der Waals surface area contributed by atoms with Crippen molar-refractivity contribution in [2.45, 2.75) is 40.2 Å². The number of nitrogens with zero attached hydrogens (tertiary/aromatic N) is 2. The Balaban J connectivity index is 2.46. The zero-order chi connectivity index (χ0) is 13.4. The minimum atomic E-state index is 0.657. The van der Waals surface area contributed by atoms with Crippen molar-refractivity contribution in [3.8, 4) is 0 Å². The number of nitrogens with two attached hydrogens (primary N) is 1. The summed E-state index contributed by atoms with van der Waals surface area (Å²) in [7, 11) is 0. The molecule has 0 spiro atoms. The highest BCUT2D eigenvalue weighted by Gasteiger charge is 2.09. The third-order valence-corrected chi connectivity index (χ3v) is 3.54. The number of hydrogen-bond acceptors (Lipinski definition) is 3. The van der Waals surface area contributed by atoms with Crippen LogP contribution in [-0.2, 0) is 6.54 Å². The summed E-state index contributed by atoms with van der Waals surface area (Å²) in [6, 6.07) is 6.23. The van der Waals surface area contributed by atoms with Crippen molar-refractivity contribution in [3.63, 3.8) is 0 Å². The lowest BCUT2D eigenvalue weighted by atomic mass is 10.0. The molecular formula is C15H27N3. The Morgan fingerprint density at radius 2 is 2.11 bits per heavy atom. The lowest BCUT2D eigenvalue weighted by Crippen LogP contribution is -2.27. The van der Waals surface area contributed by atoms with Crippen molar-refractivity contribution in [1.29, 1.82) is 0 Å². The van der Waals surface area contributed by atoms with Crippen molar-refractivity contribution in [1.82, 2.24) is 9.88 Å². The first kappa shape index (κ1) is 15.1. The van der Waals surface area contributed by atoms with Gasteiger partial charge in [-0.3, -0.25) is 9.88 Å². The van der Waals surface area contributed by atoms with E-state index in [1.807, 2.05) is 13.0 Å². The smallest absolute Gasteiger partial charge is 0.0547 e. The van der Waals surface area contributed by atoms with Crippen molar-refractivity contribution in [3.05, 3.63) is 29.6 Å². The summed E-state index contributed by atoms with van der Waals surface area (Å²) in [6.45, 7) is 10.4. The molecule has 1 aromatic rings. The van der Waals surface area contributed by atoms with Crippen LogP contribution in [0.1, 0.15) is 38.1 Å². The SMILES string of the molecule is CCC(CN)CCN(CC)Cc1cccc(C)n1. The van der Waals surface area contributed by atoms with Gasteiger partial charge in [0.25, 0.3) is 0 Å². The van der Waals surface area contributed by atoms with Gasteiger partial charge in [0, 0.05) is 12.2 Å². The molecule has 0 radical (unpaired) electrons. The van der Waals surface area contributed by atoms with Crippen LogP contribution in [0.3, 0.4) is 0 Å². The van der Waals surface area contributed by atoms with E-state index in [0.29, 0.717) is 5.92 Å². The summed E-state index contributed by atoms with van der Waals surface area (Å²) in [5.41, 5.74) is 8.01. The summed E-state index contributed by atoms with van der Waals surface area (Å²) in [5.74, 6) is 0.657. The molecule has 0 fully saturated rings. The highest BCUT2D eigenvalue weighted by molar-refractivity contribution is 5.09. The predicted octanol–water partition coefficient (Wildman–Crippen LogP) is 2.59. The molecule has 0 aromatic carbocycles. The fraction of sp³-hybridized carbons (Fsp3) is 0.667. The van der Waals surface area contributed by atoms with E-state index in [-0.39, 0.29) is 0 Å². The Morgan fingerprint density at radius 1 is 1.33 bits per heavy atom. The van der Waals surface area contributed by atoms with Crippen LogP contribution in [0, 0.1) is 12.8 Å². The second kappa shape index (κ2) is 8.22. The molecule has 1 unspecified atom stereocenters. The molecule has 102 valence electrons. The van der Waals surface area contributed by atoms with E-state index in [1.54, 1.807) is 0 Å². The van der Waals surface area contributed by atoms with Gasteiger partial charge in [-0.05, 0) is 51.0 Å². The maximum atomic E-state index is 5.75. The lowest BCUT2D eigenvalue weighted by molar-refractivity contribution is 0.251. The van der Waals surface area contributed by atoms with Crippen LogP contribution in [0.25, 0.3) is 0 Å². The number of hydrogen-bond donors (Lipinski definition) is 1. The second-order valence-corrected chi connectivity index (χ2v) is 4.94. The number of aromatic nitrogens is 1. The quantitative estimate of drug-likeness (QED) is 0.770. The van der Waals surface area contributed by atoms with Crippen molar-refractivity contribution < 1.29 is 0 Å². The van der Waals surface area contributed by atoms with E-state index < -0.39 is 0 Å². The molecule has 1 atom stereocenters. The summed E-state index contributed by atoms with van der Waals surface area (Å²) in [4.78, 5) is 7.01. The normalized spacial score (nSPS) is 12.9. The summed E-state index contributed by atoms with van der Waals surface area (Å²) >= 11 is 0. The van der Waals surface area contributed by atoms with Crippen LogP contribution in [-0.4, -0.2) is 29.5 Å². The van der Waals surface area contributed by atoms with E-state index in [0.717, 1.165) is 37.6 Å². The third kappa shape index (κ3) is 5.15. The summed E-state index contributed by atoms with van der Waals surface area (Å²) < 4.78 is 0. The molecular weight excluding hydrogens is 222 g/mol. The minimum absolute atomic E-state index is 0.657. The van der Waals surface area contributed by atoms with Gasteiger partial charge in [0.05, 0.1) is 5.69 Å². The summed E-state index contributed by atoms with van der Waals surface area (Å²) in [6.07, 6.45) is 2.36. The topological polar surface area (TPSA) is 42.1 Å². The molecule has 2 N–H and O–H groups in total. The first-order chi connectivity index (χ1) is 8.69. The van der Waals surface area contributed by atoms with Crippen LogP contribution in [0.15, 0.2) is 18.2 Å².